The van der Waals surface area contributed by atoms with Crippen LogP contribution in [0.5, 0.6) is 0 Å². The predicted octanol–water partition coefficient (Wildman–Crippen LogP) is 18.4. The van der Waals surface area contributed by atoms with Gasteiger partial charge < -0.3 is 19.1 Å². The number of furan rings is 1. The number of benzene rings is 8. The Labute approximate surface area is 447 Å². The Morgan fingerprint density at radius 3 is 1.40 bits per heavy atom. The highest BCUT2D eigenvalue weighted by Crippen LogP contribution is 2.54. The molecule has 0 amide bonds. The zero-order chi connectivity index (χ0) is 52.3. The Kier molecular flexibility index (Phi) is 11.6. The smallest absolute Gasteiger partial charge is 0.252 e. The van der Waals surface area contributed by atoms with Crippen LogP contribution in [0.3, 0.4) is 0 Å². The highest BCUT2D eigenvalue weighted by Gasteiger charge is 2.48. The molecule has 0 bridgehead atoms. The van der Waals surface area contributed by atoms with Gasteiger partial charge in [-0.05, 0) is 127 Å². The van der Waals surface area contributed by atoms with Gasteiger partial charge in [0, 0.05) is 50.6 Å². The van der Waals surface area contributed by atoms with Crippen molar-refractivity contribution in [3.63, 3.8) is 0 Å². The monoisotopic (exact) mass is 984 g/mol. The van der Waals surface area contributed by atoms with Crippen molar-refractivity contribution >= 4 is 96.2 Å². The molecule has 75 heavy (non-hydrogen) atoms. The second-order valence-corrected chi connectivity index (χ2v) is 26.0. The van der Waals surface area contributed by atoms with Crippen molar-refractivity contribution in [2.24, 2.45) is 0 Å². The van der Waals surface area contributed by atoms with Gasteiger partial charge in [-0.2, -0.15) is 0 Å². The van der Waals surface area contributed by atoms with Gasteiger partial charge in [-0.1, -0.05) is 224 Å². The molecule has 0 spiro atoms. The van der Waals surface area contributed by atoms with E-state index < -0.39 is 0 Å². The summed E-state index contributed by atoms with van der Waals surface area (Å²) in [5.74, 6) is 0.504. The van der Waals surface area contributed by atoms with Gasteiger partial charge in [0.1, 0.15) is 5.58 Å². The average molecular weight is 984 g/mol. The number of fused-ring (bicyclic) bond motifs is 7. The van der Waals surface area contributed by atoms with E-state index in [1.165, 1.54) is 116 Å². The van der Waals surface area contributed by atoms with E-state index >= 15 is 0 Å². The van der Waals surface area contributed by atoms with Crippen LogP contribution in [0.15, 0.2) is 168 Å². The summed E-state index contributed by atoms with van der Waals surface area (Å²) in [6, 6.07) is 62.4. The SMILES string of the molecule is CC(C)(C)c1ccccc1N1c2cc(N(c3ccccc3)c3cccc4c3oc3c(C5CCCCC5)cccc34)cc3c2B(c2cccc(C(C)(C)C)c21)c1cccc(C(C)(C)C)c1N3c1ccccc1C(C)(C)C. The fourth-order valence-electron chi connectivity index (χ4n) is 13.3. The number of hydrogen-bond donors (Lipinski definition) is 0. The fraction of sp³-hybridized carbons (Fsp3) is 0.314. The van der Waals surface area contributed by atoms with Gasteiger partial charge in [-0.15, -0.1) is 0 Å². The number of rotatable bonds is 6. The molecule has 1 saturated carbocycles. The average Bonchev–Trinajstić information content (AvgIpc) is 3.78. The molecule has 0 radical (unpaired) electrons. The third-order valence-electron chi connectivity index (χ3n) is 16.7. The third-order valence-corrected chi connectivity index (χ3v) is 16.7. The number of para-hydroxylation sites is 7. The van der Waals surface area contributed by atoms with E-state index in [0.29, 0.717) is 5.92 Å². The lowest BCUT2D eigenvalue weighted by Gasteiger charge is -2.48. The summed E-state index contributed by atoms with van der Waals surface area (Å²) in [5.41, 5.74) is 22.4. The predicted molar refractivity (Wildman–Crippen MR) is 323 cm³/mol. The Morgan fingerprint density at radius 2 is 0.880 bits per heavy atom. The standard InChI is InChI=1S/C70H74BN3O/c1-67(2,3)51-34-19-21-40-57(51)73-60-43-47(72(46-29-17-14-18-30-46)59-42-24-33-50-49-32-23-31-48(65(49)75-66(50)59)45-27-15-13-16-28-45)44-61-62(60)71(55-38-25-36-53(63(55)73)69(7,8)9)56-39-26-37-54(70(10,11)12)64(56)74(61)58-41-22-20-35-52(58)68(4,5)6/h14,17-26,29-45H,13,15-16,27-28H2,1-12H3. The van der Waals surface area contributed by atoms with E-state index in [1.807, 2.05) is 0 Å². The van der Waals surface area contributed by atoms with Crippen molar-refractivity contribution in [1.29, 1.82) is 0 Å². The van der Waals surface area contributed by atoms with Crippen LogP contribution in [0.1, 0.15) is 149 Å². The van der Waals surface area contributed by atoms with Gasteiger partial charge >= 0.3 is 0 Å². The molecule has 2 aliphatic heterocycles. The van der Waals surface area contributed by atoms with Crippen molar-refractivity contribution < 1.29 is 4.42 Å². The number of hydrogen-bond acceptors (Lipinski definition) is 4. The summed E-state index contributed by atoms with van der Waals surface area (Å²) in [6.45, 7) is 28.4. The molecule has 0 N–H and O–H groups in total. The van der Waals surface area contributed by atoms with Gasteiger partial charge in [-0.25, -0.2) is 0 Å². The minimum atomic E-state index is -0.176. The molecular weight excluding hydrogens is 910 g/mol. The third kappa shape index (κ3) is 8.10. The molecule has 5 heteroatoms. The van der Waals surface area contributed by atoms with Crippen LogP contribution in [0.25, 0.3) is 21.9 Å². The molecule has 3 heterocycles. The van der Waals surface area contributed by atoms with Crippen molar-refractivity contribution in [2.75, 3.05) is 14.7 Å². The summed E-state index contributed by atoms with van der Waals surface area (Å²) >= 11 is 0. The number of anilines is 9. The maximum absolute atomic E-state index is 7.41. The highest BCUT2D eigenvalue weighted by atomic mass is 16.3. The van der Waals surface area contributed by atoms with E-state index in [-0.39, 0.29) is 28.4 Å². The molecule has 1 aliphatic carbocycles. The van der Waals surface area contributed by atoms with Crippen molar-refractivity contribution in [2.45, 2.75) is 143 Å². The molecule has 0 atom stereocenters. The summed E-state index contributed by atoms with van der Waals surface area (Å²) in [6.07, 6.45) is 6.28. The number of nitrogens with zero attached hydrogens (tertiary/aromatic N) is 3. The van der Waals surface area contributed by atoms with E-state index in [4.69, 9.17) is 4.42 Å². The van der Waals surface area contributed by atoms with Crippen LogP contribution in [-0.2, 0) is 21.7 Å². The Bertz CT molecular complexity index is 3510. The molecule has 12 rings (SSSR count). The van der Waals surface area contributed by atoms with Crippen LogP contribution in [0.4, 0.5) is 51.2 Å². The van der Waals surface area contributed by atoms with Gasteiger partial charge in [0.25, 0.3) is 6.71 Å². The van der Waals surface area contributed by atoms with Gasteiger partial charge in [0.15, 0.2) is 5.58 Å². The lowest BCUT2D eigenvalue weighted by molar-refractivity contribution is 0.442. The maximum Gasteiger partial charge on any atom is 0.252 e. The molecular formula is C70H74BN3O. The lowest BCUT2D eigenvalue weighted by Crippen LogP contribution is -2.62. The van der Waals surface area contributed by atoms with Crippen molar-refractivity contribution in [3.8, 4) is 0 Å². The van der Waals surface area contributed by atoms with Gasteiger partial charge in [-0.3, -0.25) is 0 Å². The van der Waals surface area contributed by atoms with E-state index in [1.54, 1.807) is 0 Å². The maximum atomic E-state index is 7.41. The first-order valence-electron chi connectivity index (χ1n) is 27.8. The fourth-order valence-corrected chi connectivity index (χ4v) is 13.3. The topological polar surface area (TPSA) is 22.9 Å². The minimum absolute atomic E-state index is 0.0584. The van der Waals surface area contributed by atoms with Crippen LogP contribution in [0.2, 0.25) is 0 Å². The van der Waals surface area contributed by atoms with E-state index in [2.05, 4.69) is 262 Å². The molecule has 0 saturated heterocycles. The second kappa shape index (κ2) is 17.8. The summed E-state index contributed by atoms with van der Waals surface area (Å²) in [7, 11) is 0. The normalized spacial score (nSPS) is 15.1. The summed E-state index contributed by atoms with van der Waals surface area (Å²) < 4.78 is 7.41. The molecule has 0 unspecified atom stereocenters. The van der Waals surface area contributed by atoms with E-state index in [0.717, 1.165) is 33.6 Å². The molecule has 378 valence electrons. The second-order valence-electron chi connectivity index (χ2n) is 26.0. The van der Waals surface area contributed by atoms with Gasteiger partial charge in [0.2, 0.25) is 0 Å². The molecule has 1 aromatic heterocycles. The minimum Gasteiger partial charge on any atom is -0.454 e. The summed E-state index contributed by atoms with van der Waals surface area (Å²) in [5, 5.41) is 2.34. The molecule has 8 aromatic carbocycles. The molecule has 1 fully saturated rings. The van der Waals surface area contributed by atoms with E-state index in [9.17, 15) is 0 Å². The quantitative estimate of drug-likeness (QED) is 0.155. The highest BCUT2D eigenvalue weighted by molar-refractivity contribution is 7.00. The van der Waals surface area contributed by atoms with Crippen LogP contribution >= 0.6 is 0 Å². The van der Waals surface area contributed by atoms with Crippen molar-refractivity contribution in [3.05, 3.63) is 192 Å². The van der Waals surface area contributed by atoms with Crippen LogP contribution in [-0.4, -0.2) is 6.71 Å². The summed E-state index contributed by atoms with van der Waals surface area (Å²) in [4.78, 5) is 7.86. The molecule has 4 nitrogen and oxygen atoms in total. The van der Waals surface area contributed by atoms with Gasteiger partial charge in [0.05, 0.1) is 11.4 Å². The Hall–Kier alpha value is -6.98. The zero-order valence-corrected chi connectivity index (χ0v) is 46.5. The molecule has 9 aromatic rings. The Balaban J connectivity index is 1.26. The first-order valence-corrected chi connectivity index (χ1v) is 27.8. The molecule has 3 aliphatic rings. The largest absolute Gasteiger partial charge is 0.454 e. The zero-order valence-electron chi connectivity index (χ0n) is 46.5. The van der Waals surface area contributed by atoms with Crippen LogP contribution in [0, 0.1) is 0 Å². The first kappa shape index (κ1) is 48.9. The van der Waals surface area contributed by atoms with Crippen LogP contribution < -0.4 is 31.1 Å². The van der Waals surface area contributed by atoms with Crippen molar-refractivity contribution in [1.82, 2.24) is 0 Å². The Morgan fingerprint density at radius 1 is 0.427 bits per heavy atom. The lowest BCUT2D eigenvalue weighted by atomic mass is 9.33. The first-order chi connectivity index (χ1) is 35.8.